The maximum absolute atomic E-state index is 11.6. The van der Waals surface area contributed by atoms with Crippen LogP contribution in [0.2, 0.25) is 0 Å². The number of carboxylic acid groups (broad SMARTS) is 1. The summed E-state index contributed by atoms with van der Waals surface area (Å²) in [7, 11) is -3.50. The molecule has 0 heterocycles. The first-order valence-corrected chi connectivity index (χ1v) is 7.31. The number of carbonyl (C=O) groups excluding carboxylic acids is 1. The van der Waals surface area contributed by atoms with E-state index in [9.17, 15) is 23.1 Å². The van der Waals surface area contributed by atoms with E-state index >= 15 is 0 Å². The first-order chi connectivity index (χ1) is 9.11. The van der Waals surface area contributed by atoms with Crippen LogP contribution in [-0.2, 0) is 19.4 Å². The molecule has 0 spiro atoms. The van der Waals surface area contributed by atoms with Crippen molar-refractivity contribution in [3.63, 3.8) is 0 Å². The SMILES string of the molecule is CS(=O)(=O)c1ccc(O)c(NC(=O)C(N)CC(=O)O)c1. The quantitative estimate of drug-likeness (QED) is 0.538. The van der Waals surface area contributed by atoms with E-state index in [1.54, 1.807) is 0 Å². The number of amides is 1. The van der Waals surface area contributed by atoms with Gasteiger partial charge >= 0.3 is 5.97 Å². The number of hydrogen-bond donors (Lipinski definition) is 4. The number of nitrogens with one attached hydrogen (secondary N) is 1. The third kappa shape index (κ3) is 4.21. The second-order valence-corrected chi connectivity index (χ2v) is 6.16. The molecular formula is C11H14N2O6S. The standard InChI is InChI=1S/C11H14N2O6S/c1-20(18,19)6-2-3-9(14)8(4-6)13-11(17)7(12)5-10(15)16/h2-4,7,14H,5,12H2,1H3,(H,13,17)(H,15,16). The number of sulfone groups is 1. The van der Waals surface area contributed by atoms with Gasteiger partial charge in [0.15, 0.2) is 9.84 Å². The van der Waals surface area contributed by atoms with Gasteiger partial charge in [-0.25, -0.2) is 8.42 Å². The lowest BCUT2D eigenvalue weighted by Gasteiger charge is -2.12. The van der Waals surface area contributed by atoms with Crippen LogP contribution in [0.1, 0.15) is 6.42 Å². The Hall–Kier alpha value is -2.13. The van der Waals surface area contributed by atoms with Crippen LogP contribution in [0.15, 0.2) is 23.1 Å². The summed E-state index contributed by atoms with van der Waals surface area (Å²) >= 11 is 0. The van der Waals surface area contributed by atoms with Crippen LogP contribution in [0.4, 0.5) is 5.69 Å². The highest BCUT2D eigenvalue weighted by atomic mass is 32.2. The molecule has 8 nitrogen and oxygen atoms in total. The van der Waals surface area contributed by atoms with Crippen molar-refractivity contribution in [1.29, 1.82) is 0 Å². The zero-order valence-electron chi connectivity index (χ0n) is 10.5. The summed E-state index contributed by atoms with van der Waals surface area (Å²) in [5.74, 6) is -2.44. The normalized spacial score (nSPS) is 12.7. The molecule has 1 aromatic carbocycles. The maximum Gasteiger partial charge on any atom is 0.305 e. The van der Waals surface area contributed by atoms with Gasteiger partial charge in [-0.1, -0.05) is 0 Å². The van der Waals surface area contributed by atoms with E-state index < -0.39 is 34.2 Å². The Balaban J connectivity index is 2.98. The first-order valence-electron chi connectivity index (χ1n) is 5.42. The van der Waals surface area contributed by atoms with Gasteiger partial charge in [-0.3, -0.25) is 9.59 Å². The molecule has 1 rings (SSSR count). The Morgan fingerprint density at radius 3 is 2.50 bits per heavy atom. The number of phenolic OH excluding ortho intramolecular Hbond substituents is 1. The smallest absolute Gasteiger partial charge is 0.305 e. The minimum absolute atomic E-state index is 0.0996. The second-order valence-electron chi connectivity index (χ2n) is 4.14. The third-order valence-electron chi connectivity index (χ3n) is 2.39. The van der Waals surface area contributed by atoms with Crippen molar-refractivity contribution < 1.29 is 28.2 Å². The van der Waals surface area contributed by atoms with Gasteiger partial charge in [0.25, 0.3) is 0 Å². The Bertz CT molecular complexity index is 640. The number of phenols is 1. The molecular weight excluding hydrogens is 288 g/mol. The first kappa shape index (κ1) is 15.9. The van der Waals surface area contributed by atoms with Crippen LogP contribution in [0.5, 0.6) is 5.75 Å². The molecule has 0 radical (unpaired) electrons. The zero-order valence-corrected chi connectivity index (χ0v) is 11.3. The molecule has 0 aliphatic rings. The number of nitrogens with two attached hydrogens (primary N) is 1. The summed E-state index contributed by atoms with van der Waals surface area (Å²) in [6.07, 6.45) is 0.388. The zero-order chi connectivity index (χ0) is 15.5. The third-order valence-corrected chi connectivity index (χ3v) is 3.50. The molecule has 0 saturated carbocycles. The van der Waals surface area contributed by atoms with Crippen molar-refractivity contribution >= 4 is 27.4 Å². The number of anilines is 1. The summed E-state index contributed by atoms with van der Waals surface area (Å²) in [6.45, 7) is 0. The molecule has 0 saturated heterocycles. The molecule has 0 aromatic heterocycles. The molecule has 5 N–H and O–H groups in total. The lowest BCUT2D eigenvalue weighted by atomic mass is 10.2. The highest BCUT2D eigenvalue weighted by molar-refractivity contribution is 7.90. The average Bonchev–Trinajstić information content (AvgIpc) is 2.29. The van der Waals surface area contributed by atoms with Crippen LogP contribution in [0.25, 0.3) is 0 Å². The van der Waals surface area contributed by atoms with Crippen molar-refractivity contribution in [2.45, 2.75) is 17.4 Å². The lowest BCUT2D eigenvalue weighted by molar-refractivity contribution is -0.138. The number of benzene rings is 1. The molecule has 1 aromatic rings. The number of aliphatic carboxylic acids is 1. The van der Waals surface area contributed by atoms with Gasteiger partial charge < -0.3 is 21.3 Å². The van der Waals surface area contributed by atoms with Gasteiger partial charge in [-0.05, 0) is 18.2 Å². The van der Waals surface area contributed by atoms with Crippen LogP contribution < -0.4 is 11.1 Å². The van der Waals surface area contributed by atoms with Gasteiger partial charge in [0, 0.05) is 6.26 Å². The molecule has 1 atom stereocenters. The minimum atomic E-state index is -3.50. The summed E-state index contributed by atoms with van der Waals surface area (Å²) in [4.78, 5) is 21.9. The highest BCUT2D eigenvalue weighted by Crippen LogP contribution is 2.26. The van der Waals surface area contributed by atoms with Gasteiger partial charge in [-0.2, -0.15) is 0 Å². The molecule has 0 aliphatic carbocycles. The van der Waals surface area contributed by atoms with Crippen molar-refractivity contribution in [1.82, 2.24) is 0 Å². The predicted octanol–water partition coefficient (Wildman–Crippen LogP) is -0.464. The Morgan fingerprint density at radius 2 is 2.00 bits per heavy atom. The van der Waals surface area contributed by atoms with Gasteiger partial charge in [0.05, 0.1) is 23.0 Å². The van der Waals surface area contributed by atoms with E-state index in [4.69, 9.17) is 10.8 Å². The molecule has 1 amide bonds. The van der Waals surface area contributed by atoms with Crippen LogP contribution in [0, 0.1) is 0 Å². The minimum Gasteiger partial charge on any atom is -0.506 e. The molecule has 110 valence electrons. The molecule has 0 fully saturated rings. The summed E-state index contributed by atoms with van der Waals surface area (Å²) in [6, 6.07) is 2.04. The van der Waals surface area contributed by atoms with Crippen LogP contribution in [-0.4, -0.2) is 42.8 Å². The molecule has 1 unspecified atom stereocenters. The van der Waals surface area contributed by atoms with Crippen molar-refractivity contribution in [2.24, 2.45) is 5.73 Å². The largest absolute Gasteiger partial charge is 0.506 e. The monoisotopic (exact) mass is 302 g/mol. The predicted molar refractivity (Wildman–Crippen MR) is 70.1 cm³/mol. The topological polar surface area (TPSA) is 147 Å². The number of hydrogen-bond acceptors (Lipinski definition) is 6. The van der Waals surface area contributed by atoms with Crippen molar-refractivity contribution in [3.05, 3.63) is 18.2 Å². The molecule has 0 aliphatic heterocycles. The van der Waals surface area contributed by atoms with E-state index in [-0.39, 0.29) is 16.3 Å². The van der Waals surface area contributed by atoms with Crippen molar-refractivity contribution in [3.8, 4) is 5.75 Å². The highest BCUT2D eigenvalue weighted by Gasteiger charge is 2.19. The molecule has 9 heteroatoms. The molecule has 0 bridgehead atoms. The summed E-state index contributed by atoms with van der Waals surface area (Å²) in [5, 5.41) is 20.2. The van der Waals surface area contributed by atoms with E-state index in [0.717, 1.165) is 18.4 Å². The average molecular weight is 302 g/mol. The van der Waals surface area contributed by atoms with E-state index in [0.29, 0.717) is 0 Å². The van der Waals surface area contributed by atoms with Crippen molar-refractivity contribution in [2.75, 3.05) is 11.6 Å². The van der Waals surface area contributed by atoms with E-state index in [1.807, 2.05) is 0 Å². The molecule has 20 heavy (non-hydrogen) atoms. The fourth-order valence-electron chi connectivity index (χ4n) is 1.35. The Labute approximate surface area is 115 Å². The van der Waals surface area contributed by atoms with Gasteiger partial charge in [0.2, 0.25) is 5.91 Å². The number of carbonyl (C=O) groups is 2. The second kappa shape index (κ2) is 5.88. The van der Waals surface area contributed by atoms with E-state index in [1.165, 1.54) is 6.07 Å². The van der Waals surface area contributed by atoms with E-state index in [2.05, 4.69) is 5.32 Å². The lowest BCUT2D eigenvalue weighted by Crippen LogP contribution is -2.37. The van der Waals surface area contributed by atoms with Gasteiger partial charge in [0.1, 0.15) is 5.75 Å². The number of aromatic hydroxyl groups is 1. The van der Waals surface area contributed by atoms with Crippen LogP contribution in [0.3, 0.4) is 0 Å². The Kier molecular flexibility index (Phi) is 4.69. The number of rotatable bonds is 5. The fourth-order valence-corrected chi connectivity index (χ4v) is 2.00. The van der Waals surface area contributed by atoms with Gasteiger partial charge in [-0.15, -0.1) is 0 Å². The summed E-state index contributed by atoms with van der Waals surface area (Å²) in [5.41, 5.74) is 5.19. The summed E-state index contributed by atoms with van der Waals surface area (Å²) < 4.78 is 22.7. The Morgan fingerprint density at radius 1 is 1.40 bits per heavy atom. The van der Waals surface area contributed by atoms with Crippen LogP contribution >= 0.6 is 0 Å². The fraction of sp³-hybridized carbons (Fsp3) is 0.273. The number of carboxylic acids is 1. The maximum atomic E-state index is 11.6.